The summed E-state index contributed by atoms with van der Waals surface area (Å²) in [5, 5.41) is 0. The highest BCUT2D eigenvalue weighted by Crippen LogP contribution is 2.22. The lowest BCUT2D eigenvalue weighted by Crippen LogP contribution is -2.29. The highest BCUT2D eigenvalue weighted by Gasteiger charge is 2.15. The van der Waals surface area contributed by atoms with Gasteiger partial charge in [-0.15, -0.1) is 0 Å². The van der Waals surface area contributed by atoms with Gasteiger partial charge in [0.2, 0.25) is 10.0 Å². The molecule has 1 aliphatic rings. The monoisotopic (exact) mass is 239 g/mol. The van der Waals surface area contributed by atoms with Gasteiger partial charge in [0, 0.05) is 5.56 Å². The number of hydrogen-bond donors (Lipinski definition) is 1. The van der Waals surface area contributed by atoms with Crippen LogP contribution in [0.4, 0.5) is 0 Å². The van der Waals surface area contributed by atoms with E-state index in [0.717, 1.165) is 31.1 Å². The molecule has 0 atom stereocenters. The zero-order chi connectivity index (χ0) is 11.8. The predicted octanol–water partition coefficient (Wildman–Crippen LogP) is 0.865. The zero-order valence-corrected chi connectivity index (χ0v) is 9.80. The molecule has 0 aliphatic heterocycles. The van der Waals surface area contributed by atoms with E-state index in [0.29, 0.717) is 5.56 Å². The predicted molar refractivity (Wildman–Crippen MR) is 60.8 cm³/mol. The van der Waals surface area contributed by atoms with Crippen molar-refractivity contribution in [3.05, 3.63) is 34.9 Å². The summed E-state index contributed by atoms with van der Waals surface area (Å²) in [5.74, 6) is -0.558. The lowest BCUT2D eigenvalue weighted by Gasteiger charge is -2.05. The Morgan fingerprint density at radius 2 is 1.94 bits per heavy atom. The Kier molecular flexibility index (Phi) is 2.71. The highest BCUT2D eigenvalue weighted by molar-refractivity contribution is 7.89. The lowest BCUT2D eigenvalue weighted by atomic mass is 10.1. The SMILES string of the molecule is CS(=O)(=O)NC(=O)c1ccc2c(c1)CCC2. The number of carbonyl (C=O) groups is 1. The molecule has 5 heteroatoms. The maximum absolute atomic E-state index is 11.6. The molecule has 0 heterocycles. The first kappa shape index (κ1) is 11.1. The average Bonchev–Trinajstić information content (AvgIpc) is 2.61. The number of amides is 1. The van der Waals surface area contributed by atoms with Crippen LogP contribution >= 0.6 is 0 Å². The second-order valence-electron chi connectivity index (χ2n) is 4.04. The summed E-state index contributed by atoms with van der Waals surface area (Å²) in [6, 6.07) is 5.35. The van der Waals surface area contributed by atoms with Gasteiger partial charge in [0.1, 0.15) is 0 Å². The molecule has 0 spiro atoms. The fourth-order valence-corrected chi connectivity index (χ4v) is 2.39. The van der Waals surface area contributed by atoms with Crippen LogP contribution in [0.25, 0.3) is 0 Å². The Balaban J connectivity index is 2.25. The topological polar surface area (TPSA) is 63.2 Å². The Labute approximate surface area is 94.7 Å². The van der Waals surface area contributed by atoms with Crippen molar-refractivity contribution in [3.8, 4) is 0 Å². The van der Waals surface area contributed by atoms with Crippen molar-refractivity contribution in [3.63, 3.8) is 0 Å². The molecule has 0 saturated carbocycles. The van der Waals surface area contributed by atoms with Crippen molar-refractivity contribution in [2.45, 2.75) is 19.3 Å². The number of nitrogens with one attached hydrogen (secondary N) is 1. The summed E-state index contributed by atoms with van der Waals surface area (Å²) < 4.78 is 23.8. The van der Waals surface area contributed by atoms with Gasteiger partial charge in [0.15, 0.2) is 0 Å². The van der Waals surface area contributed by atoms with E-state index in [-0.39, 0.29) is 0 Å². The van der Waals surface area contributed by atoms with Gasteiger partial charge in [-0.3, -0.25) is 4.79 Å². The van der Waals surface area contributed by atoms with Gasteiger partial charge >= 0.3 is 0 Å². The van der Waals surface area contributed by atoms with E-state index in [1.54, 1.807) is 12.1 Å². The smallest absolute Gasteiger partial charge is 0.264 e. The van der Waals surface area contributed by atoms with Gasteiger partial charge < -0.3 is 0 Å². The van der Waals surface area contributed by atoms with Crippen molar-refractivity contribution in [2.75, 3.05) is 6.26 Å². The maximum atomic E-state index is 11.6. The molecule has 1 amide bonds. The molecule has 0 aromatic heterocycles. The molecule has 1 aliphatic carbocycles. The van der Waals surface area contributed by atoms with Crippen molar-refractivity contribution < 1.29 is 13.2 Å². The standard InChI is InChI=1S/C11H13NO3S/c1-16(14,15)12-11(13)10-6-5-8-3-2-4-9(8)7-10/h5-7H,2-4H2,1H3,(H,12,13). The van der Waals surface area contributed by atoms with Crippen LogP contribution in [0.2, 0.25) is 0 Å². The van der Waals surface area contributed by atoms with Crippen molar-refractivity contribution >= 4 is 15.9 Å². The van der Waals surface area contributed by atoms with Crippen LogP contribution in [0.3, 0.4) is 0 Å². The lowest BCUT2D eigenvalue weighted by molar-refractivity contribution is 0.0981. The summed E-state index contributed by atoms with van der Waals surface area (Å²) in [4.78, 5) is 11.6. The van der Waals surface area contributed by atoms with E-state index in [1.165, 1.54) is 5.56 Å². The Bertz CT molecular complexity index is 534. The maximum Gasteiger partial charge on any atom is 0.264 e. The molecule has 0 saturated heterocycles. The van der Waals surface area contributed by atoms with Crippen LogP contribution < -0.4 is 4.72 Å². The molecular weight excluding hydrogens is 226 g/mol. The number of sulfonamides is 1. The van der Waals surface area contributed by atoms with Crippen LogP contribution in [0.5, 0.6) is 0 Å². The number of benzene rings is 1. The van der Waals surface area contributed by atoms with E-state index in [1.807, 2.05) is 10.8 Å². The van der Waals surface area contributed by atoms with Crippen LogP contribution in [0, 0.1) is 0 Å². The minimum atomic E-state index is -3.49. The van der Waals surface area contributed by atoms with Crippen LogP contribution in [-0.4, -0.2) is 20.6 Å². The van der Waals surface area contributed by atoms with E-state index in [2.05, 4.69) is 0 Å². The second-order valence-corrected chi connectivity index (χ2v) is 5.79. The van der Waals surface area contributed by atoms with E-state index >= 15 is 0 Å². The minimum Gasteiger partial charge on any atom is -0.268 e. The third-order valence-electron chi connectivity index (χ3n) is 2.64. The Morgan fingerprint density at radius 1 is 1.25 bits per heavy atom. The molecule has 2 rings (SSSR count). The van der Waals surface area contributed by atoms with Gasteiger partial charge in [-0.05, 0) is 42.5 Å². The summed E-state index contributed by atoms with van der Waals surface area (Å²) in [5.41, 5.74) is 2.82. The van der Waals surface area contributed by atoms with Crippen molar-refractivity contribution in [1.29, 1.82) is 0 Å². The molecule has 0 radical (unpaired) electrons. The normalized spacial score (nSPS) is 14.6. The molecule has 1 aromatic carbocycles. The molecule has 86 valence electrons. The quantitative estimate of drug-likeness (QED) is 0.832. The van der Waals surface area contributed by atoms with Gasteiger partial charge in [0.25, 0.3) is 5.91 Å². The third kappa shape index (κ3) is 2.41. The molecule has 0 fully saturated rings. The van der Waals surface area contributed by atoms with Crippen molar-refractivity contribution in [1.82, 2.24) is 4.72 Å². The molecule has 0 bridgehead atoms. The number of fused-ring (bicyclic) bond motifs is 1. The summed E-state index contributed by atoms with van der Waals surface area (Å²) >= 11 is 0. The van der Waals surface area contributed by atoms with Crippen LogP contribution in [-0.2, 0) is 22.9 Å². The summed E-state index contributed by atoms with van der Waals surface area (Å²) in [7, 11) is -3.49. The minimum absolute atomic E-state index is 0.408. The number of carbonyl (C=O) groups excluding carboxylic acids is 1. The molecule has 0 unspecified atom stereocenters. The molecule has 4 nitrogen and oxygen atoms in total. The zero-order valence-electron chi connectivity index (χ0n) is 8.99. The highest BCUT2D eigenvalue weighted by atomic mass is 32.2. The van der Waals surface area contributed by atoms with Gasteiger partial charge in [-0.1, -0.05) is 6.07 Å². The number of aryl methyl sites for hydroxylation is 2. The number of rotatable bonds is 2. The Morgan fingerprint density at radius 3 is 2.62 bits per heavy atom. The van der Waals surface area contributed by atoms with E-state index < -0.39 is 15.9 Å². The fraction of sp³-hybridized carbons (Fsp3) is 0.364. The molecule has 1 N–H and O–H groups in total. The summed E-state index contributed by atoms with van der Waals surface area (Å²) in [6.45, 7) is 0. The molecule has 16 heavy (non-hydrogen) atoms. The first-order chi connectivity index (χ1) is 7.46. The summed E-state index contributed by atoms with van der Waals surface area (Å²) in [6.07, 6.45) is 4.09. The molecule has 1 aromatic rings. The Hall–Kier alpha value is -1.36. The third-order valence-corrected chi connectivity index (χ3v) is 3.19. The van der Waals surface area contributed by atoms with E-state index in [9.17, 15) is 13.2 Å². The van der Waals surface area contributed by atoms with Crippen molar-refractivity contribution in [2.24, 2.45) is 0 Å². The van der Waals surface area contributed by atoms with Crippen LogP contribution in [0.15, 0.2) is 18.2 Å². The largest absolute Gasteiger partial charge is 0.268 e. The average molecular weight is 239 g/mol. The fourth-order valence-electron chi connectivity index (χ4n) is 1.94. The second kappa shape index (κ2) is 3.90. The van der Waals surface area contributed by atoms with Crippen LogP contribution in [0.1, 0.15) is 27.9 Å². The first-order valence-electron chi connectivity index (χ1n) is 5.09. The van der Waals surface area contributed by atoms with E-state index in [4.69, 9.17) is 0 Å². The van der Waals surface area contributed by atoms with Gasteiger partial charge in [-0.2, -0.15) is 0 Å². The molecular formula is C11H13NO3S. The first-order valence-corrected chi connectivity index (χ1v) is 6.99. The van der Waals surface area contributed by atoms with Gasteiger partial charge in [0.05, 0.1) is 6.26 Å². The number of hydrogen-bond acceptors (Lipinski definition) is 3. The van der Waals surface area contributed by atoms with Gasteiger partial charge in [-0.25, -0.2) is 13.1 Å².